The van der Waals surface area contributed by atoms with E-state index in [9.17, 15) is 13.2 Å². The number of aromatic nitrogens is 1. The van der Waals surface area contributed by atoms with Crippen LogP contribution in [-0.2, 0) is 21.3 Å². The smallest absolute Gasteiger partial charge is 0.279 e. The van der Waals surface area contributed by atoms with Gasteiger partial charge in [0.15, 0.2) is 4.80 Å². The normalized spacial score (nSPS) is 16.2. The van der Waals surface area contributed by atoms with Gasteiger partial charge >= 0.3 is 0 Å². The molecule has 1 amide bonds. The Hall–Kier alpha value is -1.85. The van der Waals surface area contributed by atoms with Gasteiger partial charge in [-0.05, 0) is 55.3 Å². The van der Waals surface area contributed by atoms with Gasteiger partial charge in [0.2, 0.25) is 10.0 Å². The van der Waals surface area contributed by atoms with Crippen molar-refractivity contribution in [1.82, 2.24) is 8.87 Å². The van der Waals surface area contributed by atoms with E-state index in [1.54, 1.807) is 23.5 Å². The Bertz CT molecular complexity index is 1310. The van der Waals surface area contributed by atoms with Crippen molar-refractivity contribution >= 4 is 53.4 Å². The lowest BCUT2D eigenvalue weighted by atomic mass is 10.2. The summed E-state index contributed by atoms with van der Waals surface area (Å²) in [6.07, 6.45) is 3.87. The second-order valence-corrected chi connectivity index (χ2v) is 11.8. The number of rotatable bonds is 6. The van der Waals surface area contributed by atoms with Crippen LogP contribution in [0.4, 0.5) is 0 Å². The Morgan fingerprint density at radius 2 is 1.79 bits per heavy atom. The molecule has 33 heavy (non-hydrogen) atoms. The van der Waals surface area contributed by atoms with Gasteiger partial charge in [-0.2, -0.15) is 9.30 Å². The number of amides is 1. The highest BCUT2D eigenvalue weighted by molar-refractivity contribution is 9.10. The van der Waals surface area contributed by atoms with Gasteiger partial charge in [0.1, 0.15) is 0 Å². The van der Waals surface area contributed by atoms with Crippen molar-refractivity contribution in [3.8, 4) is 0 Å². The molecule has 0 N–H and O–H groups in total. The zero-order valence-electron chi connectivity index (χ0n) is 18.4. The predicted molar refractivity (Wildman–Crippen MR) is 133 cm³/mol. The fourth-order valence-electron chi connectivity index (χ4n) is 3.88. The highest BCUT2D eigenvalue weighted by atomic mass is 79.9. The highest BCUT2D eigenvalue weighted by Gasteiger charge is 2.25. The van der Waals surface area contributed by atoms with Crippen LogP contribution in [0.2, 0.25) is 0 Å². The molecule has 2 heterocycles. The maximum Gasteiger partial charge on any atom is 0.279 e. The molecular formula is C23H26BrN3O4S2. The molecule has 1 aliphatic rings. The first kappa shape index (κ1) is 24.3. The number of halogens is 1. The van der Waals surface area contributed by atoms with Crippen molar-refractivity contribution < 1.29 is 17.9 Å². The number of ether oxygens (including phenoxy) is 1. The number of carbonyl (C=O) groups is 1. The van der Waals surface area contributed by atoms with Crippen molar-refractivity contribution in [1.29, 1.82) is 0 Å². The molecule has 0 radical (unpaired) electrons. The van der Waals surface area contributed by atoms with Crippen LogP contribution in [0.1, 0.15) is 36.0 Å². The standard InChI is InChI=1S/C23H26BrN3O4S2/c1-31-15-14-27-20-11-8-18(24)16-21(20)32-23(27)25-22(28)17-6-9-19(10-7-17)33(29,30)26-12-4-2-3-5-13-26/h6-11,16H,2-5,12-15H2,1H3. The monoisotopic (exact) mass is 551 g/mol. The summed E-state index contributed by atoms with van der Waals surface area (Å²) < 4.78 is 36.7. The van der Waals surface area contributed by atoms with Crippen molar-refractivity contribution in [3.63, 3.8) is 0 Å². The minimum Gasteiger partial charge on any atom is -0.383 e. The molecule has 0 aliphatic carbocycles. The number of carbonyl (C=O) groups excluding carboxylic acids is 1. The van der Waals surface area contributed by atoms with Crippen LogP contribution in [0, 0.1) is 0 Å². The largest absolute Gasteiger partial charge is 0.383 e. The lowest BCUT2D eigenvalue weighted by Gasteiger charge is -2.19. The number of fused-ring (bicyclic) bond motifs is 1. The summed E-state index contributed by atoms with van der Waals surface area (Å²) in [7, 11) is -1.92. The third-order valence-electron chi connectivity index (χ3n) is 5.67. The van der Waals surface area contributed by atoms with Gasteiger partial charge in [0.05, 0.1) is 21.7 Å². The molecule has 4 rings (SSSR count). The van der Waals surface area contributed by atoms with Gasteiger partial charge in [-0.3, -0.25) is 4.79 Å². The number of methoxy groups -OCH3 is 1. The quantitative estimate of drug-likeness (QED) is 0.454. The van der Waals surface area contributed by atoms with E-state index in [0.717, 1.165) is 40.4 Å². The van der Waals surface area contributed by atoms with Crippen LogP contribution in [0.15, 0.2) is 56.8 Å². The second kappa shape index (κ2) is 10.6. The van der Waals surface area contributed by atoms with Crippen molar-refractivity contribution in [3.05, 3.63) is 57.3 Å². The van der Waals surface area contributed by atoms with Crippen LogP contribution >= 0.6 is 27.3 Å². The molecule has 10 heteroatoms. The highest BCUT2D eigenvalue weighted by Crippen LogP contribution is 2.23. The SMILES string of the molecule is COCCn1c(=NC(=O)c2ccc(S(=O)(=O)N3CCCCCC3)cc2)sc2cc(Br)ccc21. The minimum absolute atomic E-state index is 0.211. The molecule has 0 bridgehead atoms. The van der Waals surface area contributed by atoms with Crippen LogP contribution in [0.3, 0.4) is 0 Å². The molecule has 2 aromatic carbocycles. The van der Waals surface area contributed by atoms with Crippen molar-refractivity contribution in [2.45, 2.75) is 37.1 Å². The fourth-order valence-corrected chi connectivity index (χ4v) is 7.01. The minimum atomic E-state index is -3.55. The summed E-state index contributed by atoms with van der Waals surface area (Å²) in [5.74, 6) is -0.412. The number of sulfonamides is 1. The fraction of sp³-hybridized carbons (Fsp3) is 0.391. The molecule has 3 aromatic rings. The Morgan fingerprint density at radius 3 is 2.45 bits per heavy atom. The second-order valence-electron chi connectivity index (χ2n) is 7.90. The van der Waals surface area contributed by atoms with E-state index in [0.29, 0.717) is 36.6 Å². The van der Waals surface area contributed by atoms with E-state index in [4.69, 9.17) is 4.74 Å². The summed E-state index contributed by atoms with van der Waals surface area (Å²) in [5.41, 5.74) is 1.33. The van der Waals surface area contributed by atoms with E-state index in [2.05, 4.69) is 20.9 Å². The molecule has 1 aromatic heterocycles. The van der Waals surface area contributed by atoms with E-state index in [-0.39, 0.29) is 4.90 Å². The number of hydrogen-bond acceptors (Lipinski definition) is 5. The first-order valence-corrected chi connectivity index (χ1v) is 13.9. The Morgan fingerprint density at radius 1 is 1.09 bits per heavy atom. The van der Waals surface area contributed by atoms with E-state index in [1.165, 1.54) is 23.5 Å². The number of thiazole rings is 1. The van der Waals surface area contributed by atoms with Crippen LogP contribution in [0.5, 0.6) is 0 Å². The van der Waals surface area contributed by atoms with E-state index < -0.39 is 15.9 Å². The predicted octanol–water partition coefficient (Wildman–Crippen LogP) is 4.42. The van der Waals surface area contributed by atoms with Gasteiger partial charge < -0.3 is 9.30 Å². The average Bonchev–Trinajstić information content (AvgIpc) is 2.96. The van der Waals surface area contributed by atoms with Gasteiger partial charge in [-0.1, -0.05) is 40.1 Å². The average molecular weight is 553 g/mol. The van der Waals surface area contributed by atoms with Gasteiger partial charge in [-0.25, -0.2) is 8.42 Å². The lowest BCUT2D eigenvalue weighted by molar-refractivity contribution is 0.0997. The maximum atomic E-state index is 13.0. The third kappa shape index (κ3) is 5.46. The molecule has 0 spiro atoms. The Labute approximate surface area is 205 Å². The van der Waals surface area contributed by atoms with Crippen molar-refractivity contribution in [2.24, 2.45) is 4.99 Å². The van der Waals surface area contributed by atoms with Crippen molar-refractivity contribution in [2.75, 3.05) is 26.8 Å². The molecule has 0 unspecified atom stereocenters. The first-order chi connectivity index (χ1) is 15.9. The van der Waals surface area contributed by atoms with Crippen LogP contribution < -0.4 is 4.80 Å². The molecule has 1 saturated heterocycles. The zero-order chi connectivity index (χ0) is 23.4. The molecule has 0 saturated carbocycles. The summed E-state index contributed by atoms with van der Waals surface area (Å²) >= 11 is 4.91. The zero-order valence-corrected chi connectivity index (χ0v) is 21.6. The summed E-state index contributed by atoms with van der Waals surface area (Å²) in [6, 6.07) is 12.0. The molecule has 1 aliphatic heterocycles. The van der Waals surface area contributed by atoms with E-state index in [1.807, 2.05) is 22.8 Å². The van der Waals surface area contributed by atoms with E-state index >= 15 is 0 Å². The van der Waals surface area contributed by atoms with Gasteiger partial charge in [-0.15, -0.1) is 0 Å². The van der Waals surface area contributed by atoms with Gasteiger partial charge in [0.25, 0.3) is 5.91 Å². The molecular weight excluding hydrogens is 526 g/mol. The topological polar surface area (TPSA) is 81.0 Å². The van der Waals surface area contributed by atoms with Crippen LogP contribution in [0.25, 0.3) is 10.2 Å². The summed E-state index contributed by atoms with van der Waals surface area (Å²) in [5, 5.41) is 0. The Balaban J connectivity index is 1.63. The van der Waals surface area contributed by atoms with Gasteiger partial charge in [0, 0.05) is 36.8 Å². The molecule has 1 fully saturated rings. The summed E-state index contributed by atoms with van der Waals surface area (Å²) in [6.45, 7) is 2.15. The third-order valence-corrected chi connectivity index (χ3v) is 9.11. The Kier molecular flexibility index (Phi) is 7.80. The maximum absolute atomic E-state index is 13.0. The number of benzene rings is 2. The number of hydrogen-bond donors (Lipinski definition) is 0. The lowest BCUT2D eigenvalue weighted by Crippen LogP contribution is -2.31. The summed E-state index contributed by atoms with van der Waals surface area (Å²) in [4.78, 5) is 18.1. The van der Waals surface area contributed by atoms with Crippen LogP contribution in [-0.4, -0.2) is 50.0 Å². The molecule has 176 valence electrons. The number of nitrogens with zero attached hydrogens (tertiary/aromatic N) is 3. The first-order valence-electron chi connectivity index (χ1n) is 10.9. The molecule has 0 atom stereocenters. The molecule has 7 nitrogen and oxygen atoms in total.